The molecular weight excluding hydrogens is 204 g/mol. The number of hydrogen-bond donors (Lipinski definition) is 1. The zero-order valence-electron chi connectivity index (χ0n) is 9.73. The Bertz CT molecular complexity index is 369. The van der Waals surface area contributed by atoms with Crippen LogP contribution in [-0.2, 0) is 4.79 Å². The van der Waals surface area contributed by atoms with E-state index in [0.717, 1.165) is 11.3 Å². The van der Waals surface area contributed by atoms with E-state index in [9.17, 15) is 4.79 Å². The van der Waals surface area contributed by atoms with Crippen molar-refractivity contribution in [3.8, 4) is 5.75 Å². The molecule has 0 aliphatic heterocycles. The van der Waals surface area contributed by atoms with Gasteiger partial charge in [0.25, 0.3) is 0 Å². The van der Waals surface area contributed by atoms with Crippen LogP contribution in [0.4, 0.5) is 0 Å². The zero-order valence-corrected chi connectivity index (χ0v) is 9.73. The number of hydrazone groups is 1. The Labute approximate surface area is 95.3 Å². The van der Waals surface area contributed by atoms with Gasteiger partial charge >= 0.3 is 0 Å². The molecule has 86 valence electrons. The highest BCUT2D eigenvalue weighted by molar-refractivity contribution is 5.81. The van der Waals surface area contributed by atoms with E-state index in [2.05, 4.69) is 10.5 Å². The molecule has 0 radical (unpaired) electrons. The highest BCUT2D eigenvalue weighted by atomic mass is 16.5. The Balaban J connectivity index is 2.57. The van der Waals surface area contributed by atoms with Crippen molar-refractivity contribution >= 4 is 12.1 Å². The van der Waals surface area contributed by atoms with E-state index < -0.39 is 0 Å². The molecule has 1 rings (SSSR count). The molecule has 0 aliphatic carbocycles. The van der Waals surface area contributed by atoms with Crippen LogP contribution in [0.3, 0.4) is 0 Å². The first-order valence-electron chi connectivity index (χ1n) is 5.14. The van der Waals surface area contributed by atoms with Crippen molar-refractivity contribution in [2.75, 3.05) is 0 Å². The van der Waals surface area contributed by atoms with Gasteiger partial charge < -0.3 is 4.74 Å². The number of nitrogens with zero attached hydrogens (tertiary/aromatic N) is 1. The predicted octanol–water partition coefficient (Wildman–Crippen LogP) is 1.94. The quantitative estimate of drug-likeness (QED) is 0.622. The Morgan fingerprint density at radius 2 is 2.00 bits per heavy atom. The van der Waals surface area contributed by atoms with Crippen LogP contribution in [0.5, 0.6) is 5.75 Å². The molecule has 1 aromatic carbocycles. The van der Waals surface area contributed by atoms with E-state index >= 15 is 0 Å². The summed E-state index contributed by atoms with van der Waals surface area (Å²) in [5.74, 6) is 0.641. The van der Waals surface area contributed by atoms with E-state index in [0.29, 0.717) is 0 Å². The van der Waals surface area contributed by atoms with Crippen LogP contribution in [0.2, 0.25) is 0 Å². The van der Waals surface area contributed by atoms with Gasteiger partial charge in [-0.25, -0.2) is 5.43 Å². The number of benzene rings is 1. The van der Waals surface area contributed by atoms with Crippen molar-refractivity contribution in [3.05, 3.63) is 29.8 Å². The Hall–Kier alpha value is -1.84. The molecule has 0 heterocycles. The van der Waals surface area contributed by atoms with Gasteiger partial charge in [0.15, 0.2) is 0 Å². The van der Waals surface area contributed by atoms with Gasteiger partial charge in [0.2, 0.25) is 5.91 Å². The van der Waals surface area contributed by atoms with Crippen LogP contribution in [0.25, 0.3) is 0 Å². The molecule has 0 bridgehead atoms. The maximum Gasteiger partial charge on any atom is 0.236 e. The van der Waals surface area contributed by atoms with Crippen molar-refractivity contribution in [2.24, 2.45) is 5.10 Å². The van der Waals surface area contributed by atoms with E-state index in [1.807, 2.05) is 38.1 Å². The fourth-order valence-electron chi connectivity index (χ4n) is 1.10. The highest BCUT2D eigenvalue weighted by Gasteiger charge is 1.96. The Kier molecular flexibility index (Phi) is 4.51. The fraction of sp³-hybridized carbons (Fsp3) is 0.333. The third kappa shape index (κ3) is 4.59. The Morgan fingerprint density at radius 3 is 2.50 bits per heavy atom. The maximum absolute atomic E-state index is 10.6. The van der Waals surface area contributed by atoms with Crippen molar-refractivity contribution in [1.82, 2.24) is 5.43 Å². The molecule has 0 saturated carbocycles. The highest BCUT2D eigenvalue weighted by Crippen LogP contribution is 2.12. The molecule has 0 saturated heterocycles. The first-order chi connectivity index (χ1) is 7.58. The average Bonchev–Trinajstić information content (AvgIpc) is 2.19. The monoisotopic (exact) mass is 220 g/mol. The third-order valence-electron chi connectivity index (χ3n) is 1.69. The molecule has 0 atom stereocenters. The maximum atomic E-state index is 10.6. The average molecular weight is 220 g/mol. The lowest BCUT2D eigenvalue weighted by Gasteiger charge is -2.08. The van der Waals surface area contributed by atoms with Crippen LogP contribution < -0.4 is 10.2 Å². The lowest BCUT2D eigenvalue weighted by molar-refractivity contribution is -0.118. The summed E-state index contributed by atoms with van der Waals surface area (Å²) in [5, 5.41) is 3.77. The summed E-state index contributed by atoms with van der Waals surface area (Å²) in [6.07, 6.45) is 1.75. The molecule has 1 aromatic rings. The van der Waals surface area contributed by atoms with Crippen molar-refractivity contribution < 1.29 is 9.53 Å². The lowest BCUT2D eigenvalue weighted by atomic mass is 10.2. The van der Waals surface area contributed by atoms with Crippen molar-refractivity contribution in [2.45, 2.75) is 26.9 Å². The second-order valence-electron chi connectivity index (χ2n) is 3.66. The minimum atomic E-state index is -0.184. The summed E-state index contributed by atoms with van der Waals surface area (Å²) >= 11 is 0. The molecule has 4 heteroatoms. The molecule has 1 N–H and O–H groups in total. The number of nitrogens with one attached hydrogen (secondary N) is 1. The molecule has 0 unspecified atom stereocenters. The zero-order chi connectivity index (χ0) is 12.0. The summed E-state index contributed by atoms with van der Waals surface area (Å²) in [5.41, 5.74) is 3.25. The minimum absolute atomic E-state index is 0.166. The summed E-state index contributed by atoms with van der Waals surface area (Å²) in [4.78, 5) is 10.6. The second kappa shape index (κ2) is 5.90. The Morgan fingerprint density at radius 1 is 1.38 bits per heavy atom. The van der Waals surface area contributed by atoms with Crippen LogP contribution in [0, 0.1) is 0 Å². The first-order valence-corrected chi connectivity index (χ1v) is 5.14. The van der Waals surface area contributed by atoms with Gasteiger partial charge in [-0.2, -0.15) is 5.10 Å². The SMILES string of the molecule is CC(=O)N/N=C\c1ccc(OC(C)C)cc1. The number of ether oxygens (including phenoxy) is 1. The summed E-state index contributed by atoms with van der Waals surface area (Å²) < 4.78 is 5.50. The lowest BCUT2D eigenvalue weighted by Crippen LogP contribution is -2.12. The molecule has 16 heavy (non-hydrogen) atoms. The summed E-state index contributed by atoms with van der Waals surface area (Å²) in [6, 6.07) is 7.50. The first kappa shape index (κ1) is 12.2. The van der Waals surface area contributed by atoms with Crippen molar-refractivity contribution in [3.63, 3.8) is 0 Å². The van der Waals surface area contributed by atoms with Gasteiger partial charge in [0, 0.05) is 6.92 Å². The fourth-order valence-corrected chi connectivity index (χ4v) is 1.10. The normalized spacial score (nSPS) is 10.8. The molecule has 1 amide bonds. The largest absolute Gasteiger partial charge is 0.491 e. The molecule has 0 aromatic heterocycles. The molecule has 0 fully saturated rings. The van der Waals surface area contributed by atoms with Crippen LogP contribution in [0.15, 0.2) is 29.4 Å². The van der Waals surface area contributed by atoms with Gasteiger partial charge in [0.05, 0.1) is 12.3 Å². The number of rotatable bonds is 4. The third-order valence-corrected chi connectivity index (χ3v) is 1.69. The summed E-state index contributed by atoms with van der Waals surface area (Å²) in [7, 11) is 0. The molecule has 0 spiro atoms. The van der Waals surface area contributed by atoms with Crippen LogP contribution in [0.1, 0.15) is 26.3 Å². The molecular formula is C12H16N2O2. The van der Waals surface area contributed by atoms with E-state index in [4.69, 9.17) is 4.74 Å². The van der Waals surface area contributed by atoms with E-state index in [1.54, 1.807) is 6.21 Å². The van der Waals surface area contributed by atoms with Gasteiger partial charge in [0.1, 0.15) is 5.75 Å². The molecule has 0 aliphatic rings. The second-order valence-corrected chi connectivity index (χ2v) is 3.66. The minimum Gasteiger partial charge on any atom is -0.491 e. The number of carbonyl (C=O) groups excluding carboxylic acids is 1. The van der Waals surface area contributed by atoms with Crippen LogP contribution >= 0.6 is 0 Å². The van der Waals surface area contributed by atoms with E-state index in [-0.39, 0.29) is 12.0 Å². The van der Waals surface area contributed by atoms with E-state index in [1.165, 1.54) is 6.92 Å². The smallest absolute Gasteiger partial charge is 0.236 e. The summed E-state index contributed by atoms with van der Waals surface area (Å²) in [6.45, 7) is 5.37. The number of carbonyl (C=O) groups is 1. The van der Waals surface area contributed by atoms with Crippen LogP contribution in [-0.4, -0.2) is 18.2 Å². The number of amides is 1. The van der Waals surface area contributed by atoms with Gasteiger partial charge in [-0.1, -0.05) is 0 Å². The topological polar surface area (TPSA) is 50.7 Å². The van der Waals surface area contributed by atoms with Gasteiger partial charge in [-0.15, -0.1) is 0 Å². The molecule has 4 nitrogen and oxygen atoms in total. The van der Waals surface area contributed by atoms with Gasteiger partial charge in [-0.3, -0.25) is 4.79 Å². The predicted molar refractivity (Wildman–Crippen MR) is 63.6 cm³/mol. The number of hydrogen-bond acceptors (Lipinski definition) is 3. The van der Waals surface area contributed by atoms with Gasteiger partial charge in [-0.05, 0) is 43.7 Å². The standard InChI is InChI=1S/C12H16N2O2/c1-9(2)16-12-6-4-11(5-7-12)8-13-14-10(3)15/h4-9H,1-3H3,(H,14,15)/b13-8-. The van der Waals surface area contributed by atoms with Crippen molar-refractivity contribution in [1.29, 1.82) is 0 Å².